The number of allylic oxidation sites excluding steroid dienone is 4. The Kier molecular flexibility index (Phi) is 11.0. The van der Waals surface area contributed by atoms with Gasteiger partial charge in [0, 0.05) is 0 Å². The summed E-state index contributed by atoms with van der Waals surface area (Å²) in [5, 5.41) is 0. The van der Waals surface area contributed by atoms with E-state index in [1.54, 1.807) is 0 Å². The van der Waals surface area contributed by atoms with Crippen molar-refractivity contribution in [2.45, 2.75) is 13.3 Å². The molecule has 2 aliphatic carbocycles. The molecule has 0 spiro atoms. The summed E-state index contributed by atoms with van der Waals surface area (Å²) in [4.78, 5) is 0. The summed E-state index contributed by atoms with van der Waals surface area (Å²) in [5.41, 5.74) is 5.04. The first-order valence-corrected chi connectivity index (χ1v) is 7.76. The molecule has 1 nitrogen and oxygen atoms in total. The minimum absolute atomic E-state index is 0. The summed E-state index contributed by atoms with van der Waals surface area (Å²) in [7, 11) is 0. The van der Waals surface area contributed by atoms with Crippen molar-refractivity contribution in [2.75, 3.05) is 0 Å². The molecule has 0 unspecified atom stereocenters. The van der Waals surface area contributed by atoms with Crippen molar-refractivity contribution in [2.24, 2.45) is 0 Å². The van der Waals surface area contributed by atoms with Gasteiger partial charge in [0.05, 0.1) is 0 Å². The van der Waals surface area contributed by atoms with Crippen LogP contribution in [0.15, 0.2) is 71.4 Å². The van der Waals surface area contributed by atoms with E-state index in [9.17, 15) is 0 Å². The third-order valence-corrected chi connectivity index (χ3v) is 3.96. The second kappa shape index (κ2) is 11.2. The van der Waals surface area contributed by atoms with Crippen molar-refractivity contribution in [3.05, 3.63) is 83.0 Å². The Morgan fingerprint density at radius 1 is 1.12 bits per heavy atom. The van der Waals surface area contributed by atoms with E-state index in [0.717, 1.165) is 11.0 Å². The third kappa shape index (κ3) is 5.53. The monoisotopic (exact) mass is 499 g/mol. The molecule has 1 heterocycles. The van der Waals surface area contributed by atoms with Gasteiger partial charge in [0.1, 0.15) is 0 Å². The zero-order valence-corrected chi connectivity index (χ0v) is 18.9. The first kappa shape index (κ1) is 23.5. The Bertz CT molecular complexity index is 749. The number of nitrogens with zero attached hydrogens (tertiary/aromatic N) is 1. The number of benzene rings is 1. The van der Waals surface area contributed by atoms with Crippen LogP contribution in [-0.2, 0) is 26.2 Å². The molecule has 0 bridgehead atoms. The number of hydrogen-bond donors (Lipinski definition) is 0. The van der Waals surface area contributed by atoms with E-state index < -0.39 is 0 Å². The van der Waals surface area contributed by atoms with Gasteiger partial charge in [-0.05, 0) is 17.2 Å². The Morgan fingerprint density at radius 3 is 2.38 bits per heavy atom. The Balaban J connectivity index is 0.000000578. The number of para-hydroxylation sites is 1. The van der Waals surface area contributed by atoms with Crippen LogP contribution in [0, 0.1) is 13.0 Å². The summed E-state index contributed by atoms with van der Waals surface area (Å²) in [6.45, 7) is 2.13. The minimum atomic E-state index is 0. The van der Waals surface area contributed by atoms with Crippen LogP contribution in [0.2, 0.25) is 0 Å². The predicted molar refractivity (Wildman–Crippen MR) is 106 cm³/mol. The van der Waals surface area contributed by atoms with Crippen molar-refractivity contribution < 1.29 is 26.2 Å². The molecule has 5 heteroatoms. The SMILES string of the molecule is Cc1cc2c[c-](Br)n(-c3ccccc3)c-2c1.Cl.Cl.[C-]1=CC=CC1.[Zr+2]. The second-order valence-electron chi connectivity index (χ2n) is 5.01. The van der Waals surface area contributed by atoms with Crippen LogP contribution < -0.4 is 0 Å². The Morgan fingerprint density at radius 2 is 1.83 bits per heavy atom. The first-order chi connectivity index (χ1) is 10.3. The maximum Gasteiger partial charge on any atom is 2.00 e. The molecule has 1 aliphatic heterocycles. The van der Waals surface area contributed by atoms with Gasteiger partial charge >= 0.3 is 26.2 Å². The molecule has 0 aromatic heterocycles. The van der Waals surface area contributed by atoms with Crippen LogP contribution in [0.1, 0.15) is 12.0 Å². The maximum atomic E-state index is 3.61. The zero-order chi connectivity index (χ0) is 14.7. The third-order valence-electron chi connectivity index (χ3n) is 3.37. The number of aromatic nitrogens is 1. The molecule has 0 amide bonds. The molecule has 124 valence electrons. The average Bonchev–Trinajstić information content (AvgIpc) is 3.18. The van der Waals surface area contributed by atoms with Crippen LogP contribution in [-0.4, -0.2) is 4.57 Å². The molecule has 0 radical (unpaired) electrons. The van der Waals surface area contributed by atoms with E-state index in [4.69, 9.17) is 0 Å². The fraction of sp³-hybridized carbons (Fsp3) is 0.105. The van der Waals surface area contributed by atoms with Crippen LogP contribution in [0.5, 0.6) is 0 Å². The van der Waals surface area contributed by atoms with Gasteiger partial charge in [0.25, 0.3) is 0 Å². The molecule has 0 fully saturated rings. The van der Waals surface area contributed by atoms with Gasteiger partial charge in [-0.15, -0.1) is 48.9 Å². The summed E-state index contributed by atoms with van der Waals surface area (Å²) in [6, 6.07) is 17.0. The van der Waals surface area contributed by atoms with Gasteiger partial charge in [-0.1, -0.05) is 63.6 Å². The van der Waals surface area contributed by atoms with Crippen molar-refractivity contribution in [3.63, 3.8) is 0 Å². The fourth-order valence-corrected chi connectivity index (χ4v) is 3.10. The number of halogens is 3. The summed E-state index contributed by atoms with van der Waals surface area (Å²) >= 11 is 3.61. The zero-order valence-electron chi connectivity index (χ0n) is 13.2. The van der Waals surface area contributed by atoms with Crippen molar-refractivity contribution in [3.8, 4) is 16.9 Å². The largest absolute Gasteiger partial charge is 2.00 e. The van der Waals surface area contributed by atoms with Gasteiger partial charge in [0.15, 0.2) is 0 Å². The number of fused-ring (bicyclic) bond motifs is 1. The summed E-state index contributed by atoms with van der Waals surface area (Å²) < 4.78 is 3.33. The molecule has 4 rings (SSSR count). The topological polar surface area (TPSA) is 4.93 Å². The second-order valence-corrected chi connectivity index (χ2v) is 5.83. The quantitative estimate of drug-likeness (QED) is 0.334. The van der Waals surface area contributed by atoms with Gasteiger partial charge in [-0.3, -0.25) is 6.08 Å². The molecule has 24 heavy (non-hydrogen) atoms. The molecule has 0 atom stereocenters. The fourth-order valence-electron chi connectivity index (χ4n) is 2.46. The molecular weight excluding hydrogens is 484 g/mol. The standard InChI is InChI=1S/C14H11BrN.C5H5.2ClH.Zr/c1-10-7-11-9-14(15)16(13(11)8-10)12-5-3-2-4-6-12;1-2-4-5-3-1;;;/h2-9H,1H3;1-3H,4H2;2*1H;/q2*-1;;;+2. The number of rotatable bonds is 1. The van der Waals surface area contributed by atoms with Gasteiger partial charge in [-0.25, -0.2) is 12.2 Å². The molecule has 1 aromatic rings. The van der Waals surface area contributed by atoms with Gasteiger partial charge in [0.2, 0.25) is 0 Å². The van der Waals surface area contributed by atoms with Gasteiger partial charge in [-0.2, -0.15) is 6.08 Å². The van der Waals surface area contributed by atoms with Crippen molar-refractivity contribution in [1.29, 1.82) is 0 Å². The van der Waals surface area contributed by atoms with Gasteiger partial charge < -0.3 is 4.57 Å². The van der Waals surface area contributed by atoms with Crippen LogP contribution in [0.25, 0.3) is 16.9 Å². The molecule has 0 N–H and O–H groups in total. The summed E-state index contributed by atoms with van der Waals surface area (Å²) in [6.07, 6.45) is 10.0. The number of hydrogen-bond acceptors (Lipinski definition) is 0. The summed E-state index contributed by atoms with van der Waals surface area (Å²) in [5.74, 6) is 0. The molecule has 0 saturated carbocycles. The average molecular weight is 502 g/mol. The first-order valence-electron chi connectivity index (χ1n) is 6.97. The molecule has 1 aromatic carbocycles. The van der Waals surface area contributed by atoms with E-state index in [1.165, 1.54) is 22.5 Å². The van der Waals surface area contributed by atoms with Crippen LogP contribution in [0.3, 0.4) is 0 Å². The van der Waals surface area contributed by atoms with E-state index in [0.29, 0.717) is 0 Å². The van der Waals surface area contributed by atoms with Crippen molar-refractivity contribution >= 4 is 40.7 Å². The normalized spacial score (nSPS) is 11.1. The maximum absolute atomic E-state index is 3.61. The predicted octanol–water partition coefficient (Wildman–Crippen LogP) is 6.52. The van der Waals surface area contributed by atoms with E-state index in [2.05, 4.69) is 82.0 Å². The van der Waals surface area contributed by atoms with Crippen LogP contribution in [0.4, 0.5) is 0 Å². The smallest absolute Gasteiger partial charge is 0.432 e. The van der Waals surface area contributed by atoms with E-state index >= 15 is 0 Å². The molecule has 0 saturated heterocycles. The number of aryl methyl sites for hydroxylation is 1. The van der Waals surface area contributed by atoms with Crippen LogP contribution >= 0.6 is 40.7 Å². The Hall–Kier alpha value is -0.467. The van der Waals surface area contributed by atoms with Crippen molar-refractivity contribution in [1.82, 2.24) is 4.57 Å². The molecule has 3 aliphatic rings. The van der Waals surface area contributed by atoms with E-state index in [1.807, 2.05) is 18.2 Å². The van der Waals surface area contributed by atoms with E-state index in [-0.39, 0.29) is 51.0 Å². The Labute approximate surface area is 183 Å². The molecular formula is C19H18BrCl2NZr. The minimum Gasteiger partial charge on any atom is -0.432 e.